The summed E-state index contributed by atoms with van der Waals surface area (Å²) >= 11 is 6.83. The highest BCUT2D eigenvalue weighted by molar-refractivity contribution is 9.10. The maximum Gasteiger partial charge on any atom is 0.335 e. The molecule has 1 aliphatic heterocycles. The van der Waals surface area contributed by atoms with Gasteiger partial charge in [-0.25, -0.2) is 14.1 Å². The van der Waals surface area contributed by atoms with Crippen LogP contribution in [0.15, 0.2) is 75.2 Å². The number of rotatable bonds is 6. The van der Waals surface area contributed by atoms with Crippen molar-refractivity contribution in [3.63, 3.8) is 0 Å². The Hall–Kier alpha value is -3.50. The third kappa shape index (κ3) is 5.44. The molecule has 0 aromatic heterocycles. The van der Waals surface area contributed by atoms with Gasteiger partial charge < -0.3 is 9.47 Å². The number of halogens is 3. The summed E-state index contributed by atoms with van der Waals surface area (Å²) in [6.07, 6.45) is 1.34. The van der Waals surface area contributed by atoms with Gasteiger partial charge in [0.2, 0.25) is 0 Å². The van der Waals surface area contributed by atoms with Gasteiger partial charge in [0.05, 0.1) is 12.8 Å². The number of methoxy groups -OCH3 is 1. The predicted molar refractivity (Wildman–Crippen MR) is 135 cm³/mol. The number of amides is 4. The number of barbiturate groups is 1. The second-order valence-corrected chi connectivity index (χ2v) is 9.14. The van der Waals surface area contributed by atoms with E-state index in [0.29, 0.717) is 28.1 Å². The lowest BCUT2D eigenvalue weighted by Crippen LogP contribution is -2.54. The average molecular weight is 604 g/mol. The second-order valence-electron chi connectivity index (χ2n) is 7.37. The molecule has 35 heavy (non-hydrogen) atoms. The van der Waals surface area contributed by atoms with Crippen molar-refractivity contribution in [2.24, 2.45) is 0 Å². The second kappa shape index (κ2) is 10.4. The van der Waals surface area contributed by atoms with E-state index in [2.05, 4.69) is 37.2 Å². The third-order valence-electron chi connectivity index (χ3n) is 5.08. The zero-order chi connectivity index (χ0) is 25.1. The Bertz CT molecular complexity index is 1340. The minimum atomic E-state index is -0.919. The van der Waals surface area contributed by atoms with Crippen molar-refractivity contribution in [3.8, 4) is 11.5 Å². The first kappa shape index (κ1) is 24.6. The van der Waals surface area contributed by atoms with Crippen LogP contribution in [-0.4, -0.2) is 25.0 Å². The van der Waals surface area contributed by atoms with Crippen molar-refractivity contribution in [1.82, 2.24) is 5.32 Å². The molecule has 0 bridgehead atoms. The van der Waals surface area contributed by atoms with Gasteiger partial charge in [-0.2, -0.15) is 0 Å². The molecule has 3 aromatic carbocycles. The summed E-state index contributed by atoms with van der Waals surface area (Å²) in [5.74, 6) is -1.38. The highest BCUT2D eigenvalue weighted by Gasteiger charge is 2.37. The number of anilines is 1. The van der Waals surface area contributed by atoms with Crippen LogP contribution in [0.2, 0.25) is 0 Å². The lowest BCUT2D eigenvalue weighted by atomic mass is 10.1. The number of nitrogens with one attached hydrogen (secondary N) is 1. The number of imide groups is 2. The molecule has 7 nitrogen and oxygen atoms in total. The van der Waals surface area contributed by atoms with E-state index >= 15 is 0 Å². The molecule has 0 radical (unpaired) electrons. The number of ether oxygens (including phenoxy) is 2. The van der Waals surface area contributed by atoms with Crippen molar-refractivity contribution in [3.05, 3.63) is 92.1 Å². The number of carbonyl (C=O) groups is 3. The first-order chi connectivity index (χ1) is 16.8. The Kier molecular flexibility index (Phi) is 7.32. The summed E-state index contributed by atoms with van der Waals surface area (Å²) in [4.78, 5) is 38.6. The van der Waals surface area contributed by atoms with Gasteiger partial charge in [0.25, 0.3) is 11.8 Å². The van der Waals surface area contributed by atoms with E-state index in [0.717, 1.165) is 27.1 Å². The van der Waals surface area contributed by atoms with Gasteiger partial charge in [-0.15, -0.1) is 0 Å². The summed E-state index contributed by atoms with van der Waals surface area (Å²) in [7, 11) is 1.47. The number of hydrogen-bond donors (Lipinski definition) is 1. The fourth-order valence-corrected chi connectivity index (χ4v) is 4.01. The van der Waals surface area contributed by atoms with Gasteiger partial charge in [-0.05, 0) is 65.7 Å². The lowest BCUT2D eigenvalue weighted by Gasteiger charge is -2.26. The van der Waals surface area contributed by atoms with Gasteiger partial charge in [-0.1, -0.05) is 44.0 Å². The Morgan fingerprint density at radius 2 is 1.66 bits per heavy atom. The minimum absolute atomic E-state index is 0.126. The van der Waals surface area contributed by atoms with Gasteiger partial charge >= 0.3 is 6.03 Å². The third-order valence-corrected chi connectivity index (χ3v) is 6.29. The minimum Gasteiger partial charge on any atom is -0.493 e. The molecule has 1 heterocycles. The molecule has 4 rings (SSSR count). The predicted octanol–water partition coefficient (Wildman–Crippen LogP) is 5.60. The molecule has 178 valence electrons. The van der Waals surface area contributed by atoms with Gasteiger partial charge in [0.1, 0.15) is 18.0 Å². The molecule has 4 amide bonds. The van der Waals surface area contributed by atoms with Crippen LogP contribution in [0.4, 0.5) is 14.9 Å². The summed E-state index contributed by atoms with van der Waals surface area (Å²) in [5.41, 5.74) is 1.25. The molecule has 1 fully saturated rings. The molecule has 1 saturated heterocycles. The van der Waals surface area contributed by atoms with Gasteiger partial charge in [0, 0.05) is 8.95 Å². The van der Waals surface area contributed by atoms with Crippen molar-refractivity contribution < 1.29 is 28.2 Å². The number of carbonyl (C=O) groups excluding carboxylic acids is 3. The molecular formula is C25H17Br2FN2O5. The highest BCUT2D eigenvalue weighted by Crippen LogP contribution is 2.36. The molecule has 1 aliphatic rings. The first-order valence-electron chi connectivity index (χ1n) is 10.2. The number of urea groups is 1. The highest BCUT2D eigenvalue weighted by atomic mass is 79.9. The lowest BCUT2D eigenvalue weighted by molar-refractivity contribution is -0.122. The SMILES string of the molecule is COc1cc(/C=C2\C(=O)NC(=O)N(c3ccc(F)cc3)C2=O)c(Br)cc1OCc1ccc(Br)cc1. The van der Waals surface area contributed by atoms with Crippen LogP contribution in [0, 0.1) is 5.82 Å². The summed E-state index contributed by atoms with van der Waals surface area (Å²) < 4.78 is 26.1. The van der Waals surface area contributed by atoms with Crippen molar-refractivity contribution in [2.75, 3.05) is 12.0 Å². The Balaban J connectivity index is 1.63. The smallest absolute Gasteiger partial charge is 0.335 e. The standard InChI is InChI=1S/C25H17Br2FN2O5/c1-34-21-11-15(20(27)12-22(21)35-13-14-2-4-16(26)5-3-14)10-19-23(31)29-25(33)30(24(19)32)18-8-6-17(28)7-9-18/h2-12H,13H2,1H3,(H,29,31,33)/b19-10+. The quantitative estimate of drug-likeness (QED) is 0.293. The fourth-order valence-electron chi connectivity index (χ4n) is 3.31. The molecular weight excluding hydrogens is 587 g/mol. The summed E-state index contributed by atoms with van der Waals surface area (Å²) in [6, 6.07) is 14.8. The fraction of sp³-hybridized carbons (Fsp3) is 0.0800. The van der Waals surface area contributed by atoms with E-state index in [9.17, 15) is 18.8 Å². The van der Waals surface area contributed by atoms with Crippen molar-refractivity contribution in [2.45, 2.75) is 6.61 Å². The molecule has 0 saturated carbocycles. The Labute approximate surface area is 216 Å². The molecule has 0 spiro atoms. The van der Waals surface area contributed by atoms with E-state index in [1.807, 2.05) is 24.3 Å². The molecule has 1 N–H and O–H groups in total. The first-order valence-corrected chi connectivity index (χ1v) is 11.8. The molecule has 0 aliphatic carbocycles. The van der Waals surface area contributed by atoms with Gasteiger partial charge in [0.15, 0.2) is 11.5 Å². The van der Waals surface area contributed by atoms with Crippen LogP contribution < -0.4 is 19.7 Å². The normalized spacial score (nSPS) is 14.8. The summed E-state index contributed by atoms with van der Waals surface area (Å²) in [5, 5.41) is 2.14. The number of nitrogens with zero attached hydrogens (tertiary/aromatic N) is 1. The maximum atomic E-state index is 13.3. The Morgan fingerprint density at radius 3 is 2.31 bits per heavy atom. The largest absolute Gasteiger partial charge is 0.493 e. The zero-order valence-corrected chi connectivity index (χ0v) is 21.4. The number of hydrogen-bond acceptors (Lipinski definition) is 5. The number of benzene rings is 3. The van der Waals surface area contributed by atoms with Crippen LogP contribution in [0.3, 0.4) is 0 Å². The van der Waals surface area contributed by atoms with Crippen LogP contribution in [0.5, 0.6) is 11.5 Å². The maximum absolute atomic E-state index is 13.3. The molecule has 0 unspecified atom stereocenters. The van der Waals surface area contributed by atoms with Gasteiger partial charge in [-0.3, -0.25) is 14.9 Å². The topological polar surface area (TPSA) is 84.9 Å². The molecule has 10 heteroatoms. The summed E-state index contributed by atoms with van der Waals surface area (Å²) in [6.45, 7) is 0.298. The average Bonchev–Trinajstić information content (AvgIpc) is 2.83. The molecule has 0 atom stereocenters. The van der Waals surface area contributed by atoms with Crippen molar-refractivity contribution >= 4 is 61.5 Å². The van der Waals surface area contributed by atoms with E-state index in [4.69, 9.17) is 9.47 Å². The monoisotopic (exact) mass is 602 g/mol. The van der Waals surface area contributed by atoms with E-state index in [1.54, 1.807) is 12.1 Å². The van der Waals surface area contributed by atoms with E-state index in [1.165, 1.54) is 25.3 Å². The van der Waals surface area contributed by atoms with E-state index in [-0.39, 0.29) is 11.3 Å². The molecule has 3 aromatic rings. The van der Waals surface area contributed by atoms with E-state index < -0.39 is 23.7 Å². The Morgan fingerprint density at radius 1 is 0.971 bits per heavy atom. The van der Waals surface area contributed by atoms with Crippen LogP contribution in [0.1, 0.15) is 11.1 Å². The zero-order valence-electron chi connectivity index (χ0n) is 18.2. The van der Waals surface area contributed by atoms with Crippen LogP contribution in [0.25, 0.3) is 6.08 Å². The van der Waals surface area contributed by atoms with Crippen LogP contribution >= 0.6 is 31.9 Å². The van der Waals surface area contributed by atoms with Crippen LogP contribution in [-0.2, 0) is 16.2 Å². The van der Waals surface area contributed by atoms with Crippen molar-refractivity contribution in [1.29, 1.82) is 0 Å².